The van der Waals surface area contributed by atoms with Crippen LogP contribution in [0.3, 0.4) is 0 Å². The molecular formula is C19H18N6O3S2. The van der Waals surface area contributed by atoms with Gasteiger partial charge in [0.25, 0.3) is 0 Å². The Morgan fingerprint density at radius 2 is 1.90 bits per heavy atom. The third-order valence-corrected chi connectivity index (χ3v) is 6.61. The van der Waals surface area contributed by atoms with Crippen molar-refractivity contribution in [3.05, 3.63) is 48.5 Å². The Kier molecular flexibility index (Phi) is 5.41. The maximum absolute atomic E-state index is 12.7. The zero-order valence-electron chi connectivity index (χ0n) is 15.9. The summed E-state index contributed by atoms with van der Waals surface area (Å²) in [4.78, 5) is 20.4. The van der Waals surface area contributed by atoms with Crippen molar-refractivity contribution >= 4 is 55.4 Å². The number of aromatic amines is 1. The molecule has 9 nitrogen and oxygen atoms in total. The smallest absolute Gasteiger partial charge is 0.238 e. The number of benzene rings is 2. The lowest BCUT2D eigenvalue weighted by Crippen LogP contribution is -2.25. The van der Waals surface area contributed by atoms with Crippen LogP contribution in [0.4, 0.5) is 5.69 Å². The van der Waals surface area contributed by atoms with Gasteiger partial charge in [-0.2, -0.15) is 0 Å². The average molecular weight is 443 g/mol. The summed E-state index contributed by atoms with van der Waals surface area (Å²) in [6.07, 6.45) is 0.542. The van der Waals surface area contributed by atoms with E-state index in [9.17, 15) is 13.2 Å². The van der Waals surface area contributed by atoms with Crippen LogP contribution in [-0.4, -0.2) is 39.7 Å². The standard InChI is InChI=1S/C19H18N6O3S2/c1-2-15(18(26)21-11-7-9-12(10-8-11)30(20,27)28)29-19-23-17-16(24-25-19)13-5-3-4-6-14(13)22-17/h3-10,15H,2H2,1H3,(H,21,26)(H2,20,27,28)(H,22,23,25)/t15-/m0/s1. The molecule has 1 amide bonds. The number of sulfonamides is 1. The van der Waals surface area contributed by atoms with Crippen molar-refractivity contribution in [1.82, 2.24) is 20.2 Å². The van der Waals surface area contributed by atoms with Gasteiger partial charge in [0.1, 0.15) is 5.52 Å². The van der Waals surface area contributed by atoms with E-state index in [1.54, 1.807) is 0 Å². The molecule has 1 atom stereocenters. The van der Waals surface area contributed by atoms with Gasteiger partial charge in [-0.25, -0.2) is 18.5 Å². The second kappa shape index (κ2) is 8.01. The van der Waals surface area contributed by atoms with E-state index in [2.05, 4.69) is 25.5 Å². The minimum absolute atomic E-state index is 0.0203. The molecule has 0 saturated carbocycles. The molecule has 4 N–H and O–H groups in total. The maximum Gasteiger partial charge on any atom is 0.238 e. The van der Waals surface area contributed by atoms with Crippen molar-refractivity contribution in [3.8, 4) is 0 Å². The number of nitrogens with zero attached hydrogens (tertiary/aromatic N) is 3. The van der Waals surface area contributed by atoms with Crippen LogP contribution < -0.4 is 10.5 Å². The molecular weight excluding hydrogens is 424 g/mol. The Labute approximate surface area is 176 Å². The number of hydrogen-bond donors (Lipinski definition) is 3. The first kappa shape index (κ1) is 20.3. The number of nitrogens with one attached hydrogen (secondary N) is 2. The summed E-state index contributed by atoms with van der Waals surface area (Å²) in [6.45, 7) is 1.89. The van der Waals surface area contributed by atoms with Gasteiger partial charge in [0.2, 0.25) is 21.1 Å². The molecule has 0 aliphatic heterocycles. The molecule has 0 radical (unpaired) electrons. The quantitative estimate of drug-likeness (QED) is 0.389. The van der Waals surface area contributed by atoms with Crippen molar-refractivity contribution in [2.75, 3.05) is 5.32 Å². The molecule has 0 saturated heterocycles. The van der Waals surface area contributed by atoms with E-state index >= 15 is 0 Å². The van der Waals surface area contributed by atoms with Crippen LogP contribution in [0.1, 0.15) is 13.3 Å². The number of nitrogens with two attached hydrogens (primary N) is 1. The van der Waals surface area contributed by atoms with Crippen LogP contribution in [0.2, 0.25) is 0 Å². The molecule has 11 heteroatoms. The highest BCUT2D eigenvalue weighted by molar-refractivity contribution is 8.00. The minimum Gasteiger partial charge on any atom is -0.338 e. The topological polar surface area (TPSA) is 144 Å². The second-order valence-electron chi connectivity index (χ2n) is 6.54. The number of rotatable bonds is 6. The molecule has 30 heavy (non-hydrogen) atoms. The fourth-order valence-corrected chi connectivity index (χ4v) is 4.29. The van der Waals surface area contributed by atoms with Crippen LogP contribution >= 0.6 is 11.8 Å². The summed E-state index contributed by atoms with van der Waals surface area (Å²) in [5.41, 5.74) is 2.69. The Bertz CT molecular complexity index is 1340. The van der Waals surface area contributed by atoms with Gasteiger partial charge < -0.3 is 10.3 Å². The lowest BCUT2D eigenvalue weighted by Gasteiger charge is -2.13. The number of anilines is 1. The van der Waals surface area contributed by atoms with Crippen LogP contribution in [-0.2, 0) is 14.8 Å². The largest absolute Gasteiger partial charge is 0.338 e. The molecule has 4 aromatic rings. The van der Waals surface area contributed by atoms with Crippen LogP contribution in [0.25, 0.3) is 22.1 Å². The molecule has 4 rings (SSSR count). The van der Waals surface area contributed by atoms with Gasteiger partial charge in [-0.15, -0.1) is 10.2 Å². The second-order valence-corrected chi connectivity index (χ2v) is 9.27. The Balaban J connectivity index is 1.51. The average Bonchev–Trinajstić information content (AvgIpc) is 3.09. The highest BCUT2D eigenvalue weighted by Crippen LogP contribution is 2.27. The number of hydrogen-bond acceptors (Lipinski definition) is 7. The molecule has 154 valence electrons. The SMILES string of the molecule is CC[C@H](Sc1nnc2c(n1)[nH]c1ccccc12)C(=O)Nc1ccc(S(N)(=O)=O)cc1. The number of thioether (sulfide) groups is 1. The predicted octanol–water partition coefficient (Wildman–Crippen LogP) is 2.66. The first-order valence-corrected chi connectivity index (χ1v) is 11.5. The van der Waals surface area contributed by atoms with Crippen molar-refractivity contribution in [1.29, 1.82) is 0 Å². The van der Waals surface area contributed by atoms with Crippen molar-refractivity contribution in [2.24, 2.45) is 5.14 Å². The third kappa shape index (κ3) is 4.13. The van der Waals surface area contributed by atoms with Crippen molar-refractivity contribution in [3.63, 3.8) is 0 Å². The van der Waals surface area contributed by atoms with Gasteiger partial charge in [-0.3, -0.25) is 4.79 Å². The van der Waals surface area contributed by atoms with Crippen molar-refractivity contribution < 1.29 is 13.2 Å². The molecule has 0 aliphatic rings. The van der Waals surface area contributed by atoms with Crippen LogP contribution in [0, 0.1) is 0 Å². The molecule has 0 aliphatic carbocycles. The normalized spacial score (nSPS) is 12.9. The summed E-state index contributed by atoms with van der Waals surface area (Å²) in [7, 11) is -3.78. The maximum atomic E-state index is 12.7. The number of para-hydroxylation sites is 1. The van der Waals surface area contributed by atoms with E-state index < -0.39 is 15.3 Å². The van der Waals surface area contributed by atoms with E-state index in [0.29, 0.717) is 28.4 Å². The molecule has 0 bridgehead atoms. The third-order valence-electron chi connectivity index (χ3n) is 4.46. The van der Waals surface area contributed by atoms with Crippen molar-refractivity contribution in [2.45, 2.75) is 28.6 Å². The molecule has 0 fully saturated rings. The van der Waals surface area contributed by atoms with E-state index in [1.807, 2.05) is 31.2 Å². The van der Waals surface area contributed by atoms with Gasteiger partial charge in [-0.05, 0) is 36.8 Å². The molecule has 2 aromatic heterocycles. The molecule has 0 unspecified atom stereocenters. The van der Waals surface area contributed by atoms with E-state index in [4.69, 9.17) is 5.14 Å². The lowest BCUT2D eigenvalue weighted by molar-refractivity contribution is -0.115. The number of H-pyrrole nitrogens is 1. The Hall–Kier alpha value is -3.02. The van der Waals surface area contributed by atoms with E-state index in [1.165, 1.54) is 36.0 Å². The fraction of sp³-hybridized carbons (Fsp3) is 0.158. The van der Waals surface area contributed by atoms with Gasteiger partial charge in [0.05, 0.1) is 10.1 Å². The monoisotopic (exact) mass is 442 g/mol. The van der Waals surface area contributed by atoms with Gasteiger partial charge >= 0.3 is 0 Å². The van der Waals surface area contributed by atoms with Gasteiger partial charge in [0, 0.05) is 16.6 Å². The lowest BCUT2D eigenvalue weighted by atomic mass is 10.2. The minimum atomic E-state index is -3.78. The van der Waals surface area contributed by atoms with Crippen LogP contribution in [0.5, 0.6) is 0 Å². The number of fused-ring (bicyclic) bond motifs is 3. The summed E-state index contributed by atoms with van der Waals surface area (Å²) < 4.78 is 22.7. The molecule has 2 heterocycles. The fourth-order valence-electron chi connectivity index (χ4n) is 2.96. The predicted molar refractivity (Wildman–Crippen MR) is 116 cm³/mol. The Morgan fingerprint density at radius 1 is 1.17 bits per heavy atom. The summed E-state index contributed by atoms with van der Waals surface area (Å²) in [5, 5.41) is 17.2. The zero-order valence-corrected chi connectivity index (χ0v) is 17.5. The molecule has 2 aromatic carbocycles. The summed E-state index contributed by atoms with van der Waals surface area (Å²) in [5.74, 6) is -0.244. The van der Waals surface area contributed by atoms with Crippen LogP contribution in [0.15, 0.2) is 58.6 Å². The number of carbonyl (C=O) groups is 1. The number of aromatic nitrogens is 4. The highest BCUT2D eigenvalue weighted by Gasteiger charge is 2.21. The summed E-state index contributed by atoms with van der Waals surface area (Å²) >= 11 is 1.22. The van der Waals surface area contributed by atoms with E-state index in [0.717, 1.165) is 10.9 Å². The van der Waals surface area contributed by atoms with E-state index in [-0.39, 0.29) is 10.8 Å². The number of primary sulfonamides is 1. The molecule has 0 spiro atoms. The summed E-state index contributed by atoms with van der Waals surface area (Å²) in [6, 6.07) is 13.4. The van der Waals surface area contributed by atoms with Gasteiger partial charge in [0.15, 0.2) is 5.65 Å². The number of amides is 1. The van der Waals surface area contributed by atoms with Gasteiger partial charge in [-0.1, -0.05) is 36.9 Å². The first-order chi connectivity index (χ1) is 14.3. The zero-order chi connectivity index (χ0) is 21.3. The first-order valence-electron chi connectivity index (χ1n) is 9.06. The number of carbonyl (C=O) groups excluding carboxylic acids is 1. The Morgan fingerprint density at radius 3 is 2.60 bits per heavy atom. The highest BCUT2D eigenvalue weighted by atomic mass is 32.2.